The molecule has 3 heterocycles. The molecule has 1 N–H and O–H groups in total. The molecule has 0 unspecified atom stereocenters. The van der Waals surface area contributed by atoms with Crippen molar-refractivity contribution in [2.24, 2.45) is 0 Å². The van der Waals surface area contributed by atoms with Gasteiger partial charge in [-0.25, -0.2) is 22.6 Å². The van der Waals surface area contributed by atoms with Gasteiger partial charge in [0.1, 0.15) is 0 Å². The van der Waals surface area contributed by atoms with Gasteiger partial charge in [0.2, 0.25) is 15.9 Å². The fourth-order valence-corrected chi connectivity index (χ4v) is 4.91. The quantitative estimate of drug-likeness (QED) is 0.700. The van der Waals surface area contributed by atoms with Gasteiger partial charge in [-0.05, 0) is 38.0 Å². The summed E-state index contributed by atoms with van der Waals surface area (Å²) in [6, 6.07) is 7.15. The lowest BCUT2D eigenvalue weighted by Crippen LogP contribution is -2.43. The van der Waals surface area contributed by atoms with Gasteiger partial charge < -0.3 is 4.90 Å². The SMILES string of the molecule is Cc1ccc(C)c(S(=O)(=O)NCC(=O)N2CCc3c(cnc4cc(C)nn34)C2)c1. The summed E-state index contributed by atoms with van der Waals surface area (Å²) in [6.07, 6.45) is 2.41. The van der Waals surface area contributed by atoms with Crippen LogP contribution in [-0.4, -0.2) is 46.9 Å². The molecule has 1 aromatic carbocycles. The van der Waals surface area contributed by atoms with Crippen LogP contribution in [0.2, 0.25) is 0 Å². The number of sulfonamides is 1. The van der Waals surface area contributed by atoms with Gasteiger partial charge in [-0.2, -0.15) is 5.10 Å². The van der Waals surface area contributed by atoms with Crippen molar-refractivity contribution in [1.82, 2.24) is 24.2 Å². The molecule has 0 atom stereocenters. The predicted octanol–water partition coefficient (Wildman–Crippen LogP) is 1.52. The highest BCUT2D eigenvalue weighted by molar-refractivity contribution is 7.89. The zero-order chi connectivity index (χ0) is 20.8. The first-order valence-electron chi connectivity index (χ1n) is 9.42. The number of benzene rings is 1. The summed E-state index contributed by atoms with van der Waals surface area (Å²) in [5.74, 6) is -0.263. The van der Waals surface area contributed by atoms with Crippen LogP contribution in [0.4, 0.5) is 0 Å². The number of carbonyl (C=O) groups is 1. The van der Waals surface area contributed by atoms with Crippen molar-refractivity contribution in [3.05, 3.63) is 58.5 Å². The summed E-state index contributed by atoms with van der Waals surface area (Å²) < 4.78 is 29.5. The van der Waals surface area contributed by atoms with E-state index in [0.29, 0.717) is 25.1 Å². The molecule has 8 nitrogen and oxygen atoms in total. The molecule has 0 bridgehead atoms. The van der Waals surface area contributed by atoms with Gasteiger partial charge in [0.05, 0.1) is 22.8 Å². The number of nitrogens with one attached hydrogen (secondary N) is 1. The van der Waals surface area contributed by atoms with Crippen LogP contribution in [0.25, 0.3) is 5.65 Å². The van der Waals surface area contributed by atoms with Crippen LogP contribution >= 0.6 is 0 Å². The Balaban J connectivity index is 1.47. The molecule has 0 radical (unpaired) electrons. The van der Waals surface area contributed by atoms with Gasteiger partial charge in [-0.1, -0.05) is 12.1 Å². The van der Waals surface area contributed by atoms with E-state index in [1.165, 1.54) is 0 Å². The molecule has 0 spiro atoms. The third kappa shape index (κ3) is 3.75. The predicted molar refractivity (Wildman–Crippen MR) is 108 cm³/mol. The van der Waals surface area contributed by atoms with Crippen molar-refractivity contribution in [2.75, 3.05) is 13.1 Å². The van der Waals surface area contributed by atoms with Crippen LogP contribution in [0.15, 0.2) is 35.4 Å². The second kappa shape index (κ2) is 7.23. The molecule has 1 aliphatic rings. The molecule has 0 aliphatic carbocycles. The summed E-state index contributed by atoms with van der Waals surface area (Å²) in [4.78, 5) is 18.9. The number of nitrogens with zero attached hydrogens (tertiary/aromatic N) is 4. The van der Waals surface area contributed by atoms with Crippen LogP contribution < -0.4 is 4.72 Å². The second-order valence-corrected chi connectivity index (χ2v) is 9.18. The molecule has 29 heavy (non-hydrogen) atoms. The minimum Gasteiger partial charge on any atom is -0.337 e. The van der Waals surface area contributed by atoms with Crippen molar-refractivity contribution >= 4 is 21.6 Å². The maximum absolute atomic E-state index is 12.7. The van der Waals surface area contributed by atoms with Gasteiger partial charge in [0.25, 0.3) is 0 Å². The van der Waals surface area contributed by atoms with Crippen LogP contribution in [0, 0.1) is 20.8 Å². The molecule has 152 valence electrons. The molecule has 1 aliphatic heterocycles. The second-order valence-electron chi connectivity index (χ2n) is 7.44. The Bertz CT molecular complexity index is 1220. The van der Waals surface area contributed by atoms with E-state index in [0.717, 1.165) is 28.2 Å². The lowest BCUT2D eigenvalue weighted by atomic mass is 10.1. The third-order valence-corrected chi connectivity index (χ3v) is 6.71. The number of fused-ring (bicyclic) bond motifs is 3. The monoisotopic (exact) mass is 413 g/mol. The summed E-state index contributed by atoms with van der Waals surface area (Å²) >= 11 is 0. The number of rotatable bonds is 4. The molecular formula is C20H23N5O3S. The van der Waals surface area contributed by atoms with Gasteiger partial charge in [0, 0.05) is 37.3 Å². The maximum atomic E-state index is 12.7. The van der Waals surface area contributed by atoms with Gasteiger partial charge in [-0.3, -0.25) is 4.79 Å². The highest BCUT2D eigenvalue weighted by Crippen LogP contribution is 2.20. The first-order chi connectivity index (χ1) is 13.7. The first kappa shape index (κ1) is 19.5. The Kier molecular flexibility index (Phi) is 4.87. The summed E-state index contributed by atoms with van der Waals surface area (Å²) in [5.41, 5.74) is 5.16. The van der Waals surface area contributed by atoms with Crippen LogP contribution in [-0.2, 0) is 27.8 Å². The number of hydrogen-bond acceptors (Lipinski definition) is 5. The highest BCUT2D eigenvalue weighted by Gasteiger charge is 2.25. The normalized spacial score (nSPS) is 14.2. The number of aromatic nitrogens is 3. The number of carbonyl (C=O) groups excluding carboxylic acids is 1. The molecule has 1 amide bonds. The smallest absolute Gasteiger partial charge is 0.241 e. The minimum absolute atomic E-state index is 0.204. The Hall–Kier alpha value is -2.78. The Labute approximate surface area is 169 Å². The Morgan fingerprint density at radius 2 is 2.00 bits per heavy atom. The molecule has 0 saturated heterocycles. The summed E-state index contributed by atoms with van der Waals surface area (Å²) in [7, 11) is -3.76. The number of amides is 1. The molecular weight excluding hydrogens is 390 g/mol. The average molecular weight is 414 g/mol. The van der Waals surface area contributed by atoms with E-state index in [9.17, 15) is 13.2 Å². The minimum atomic E-state index is -3.76. The van der Waals surface area contributed by atoms with Crippen LogP contribution in [0.3, 0.4) is 0 Å². The van der Waals surface area contributed by atoms with E-state index in [1.54, 1.807) is 30.2 Å². The van der Waals surface area contributed by atoms with Crippen LogP contribution in [0.1, 0.15) is 28.1 Å². The summed E-state index contributed by atoms with van der Waals surface area (Å²) in [5, 5.41) is 4.47. The van der Waals surface area contributed by atoms with E-state index in [-0.39, 0.29) is 17.3 Å². The molecule has 0 fully saturated rings. The van der Waals surface area contributed by atoms with E-state index in [1.807, 2.05) is 30.5 Å². The fraction of sp³-hybridized carbons (Fsp3) is 0.350. The third-order valence-electron chi connectivity index (χ3n) is 5.17. The lowest BCUT2D eigenvalue weighted by Gasteiger charge is -2.28. The summed E-state index contributed by atoms with van der Waals surface area (Å²) in [6.45, 7) is 6.11. The Morgan fingerprint density at radius 3 is 2.79 bits per heavy atom. The molecule has 2 aromatic heterocycles. The van der Waals surface area contributed by atoms with Crippen LogP contribution in [0.5, 0.6) is 0 Å². The highest BCUT2D eigenvalue weighted by atomic mass is 32.2. The van der Waals surface area contributed by atoms with E-state index < -0.39 is 10.0 Å². The van der Waals surface area contributed by atoms with Gasteiger partial charge >= 0.3 is 0 Å². The van der Waals surface area contributed by atoms with E-state index in [2.05, 4.69) is 14.8 Å². The maximum Gasteiger partial charge on any atom is 0.241 e. The van der Waals surface area contributed by atoms with Crippen molar-refractivity contribution in [1.29, 1.82) is 0 Å². The molecule has 0 saturated carbocycles. The zero-order valence-corrected chi connectivity index (χ0v) is 17.5. The average Bonchev–Trinajstić information content (AvgIpc) is 3.08. The lowest BCUT2D eigenvalue weighted by molar-refractivity contribution is -0.130. The van der Waals surface area contributed by atoms with Gasteiger partial charge in [-0.15, -0.1) is 0 Å². The van der Waals surface area contributed by atoms with Crippen molar-refractivity contribution in [3.8, 4) is 0 Å². The largest absolute Gasteiger partial charge is 0.337 e. The first-order valence-corrected chi connectivity index (χ1v) is 10.9. The zero-order valence-electron chi connectivity index (χ0n) is 16.6. The van der Waals surface area contributed by atoms with Crippen molar-refractivity contribution in [2.45, 2.75) is 38.6 Å². The topological polar surface area (TPSA) is 96.7 Å². The standard InChI is InChI=1S/C20H23N5O3S/c1-13-4-5-14(2)18(8-13)29(27,28)22-11-20(26)24-7-6-17-16(12-24)10-21-19-9-15(3)23-25(17)19/h4-5,8-10,22H,6-7,11-12H2,1-3H3. The van der Waals surface area contributed by atoms with Gasteiger partial charge in [0.15, 0.2) is 5.65 Å². The molecule has 4 rings (SSSR count). The van der Waals surface area contributed by atoms with Crippen molar-refractivity contribution in [3.63, 3.8) is 0 Å². The molecule has 3 aromatic rings. The van der Waals surface area contributed by atoms with Crippen molar-refractivity contribution < 1.29 is 13.2 Å². The fourth-order valence-electron chi connectivity index (χ4n) is 3.61. The number of hydrogen-bond donors (Lipinski definition) is 1. The van der Waals surface area contributed by atoms with E-state index >= 15 is 0 Å². The Morgan fingerprint density at radius 1 is 1.21 bits per heavy atom. The molecule has 9 heteroatoms. The van der Waals surface area contributed by atoms with E-state index in [4.69, 9.17) is 0 Å². The number of aryl methyl sites for hydroxylation is 3.